The molecule has 0 spiro atoms. The number of hydrogen-bond donors (Lipinski definition) is 2. The molecule has 3 aromatic carbocycles. The number of ether oxygens (including phenoxy) is 2. The Kier molecular flexibility index (Phi) is 5.36. The predicted octanol–water partition coefficient (Wildman–Crippen LogP) is 4.45. The molecule has 9 heteroatoms. The fourth-order valence-electron chi connectivity index (χ4n) is 4.11. The van der Waals surface area contributed by atoms with Crippen LogP contribution in [0, 0.1) is 0 Å². The summed E-state index contributed by atoms with van der Waals surface area (Å²) in [6.45, 7) is 1.06. The molecule has 2 aromatic heterocycles. The molecule has 0 atom stereocenters. The van der Waals surface area contributed by atoms with Gasteiger partial charge in [-0.1, -0.05) is 29.5 Å². The zero-order chi connectivity index (χ0) is 23.6. The minimum absolute atomic E-state index is 0.453. The Labute approximate surface area is 201 Å². The van der Waals surface area contributed by atoms with Gasteiger partial charge in [0.05, 0.1) is 36.2 Å². The van der Waals surface area contributed by atoms with Gasteiger partial charge in [0.1, 0.15) is 23.6 Å². The second kappa shape index (κ2) is 8.96. The summed E-state index contributed by atoms with van der Waals surface area (Å²) in [4.78, 5) is 4.09. The van der Waals surface area contributed by atoms with Crippen molar-refractivity contribution in [2.24, 2.45) is 0 Å². The summed E-state index contributed by atoms with van der Waals surface area (Å²) >= 11 is 0. The van der Waals surface area contributed by atoms with Gasteiger partial charge >= 0.3 is 0 Å². The second-order valence-corrected chi connectivity index (χ2v) is 8.17. The number of aromatic nitrogens is 4. The lowest BCUT2D eigenvalue weighted by Gasteiger charge is -2.18. The van der Waals surface area contributed by atoms with E-state index < -0.39 is 0 Å². The molecule has 0 fully saturated rings. The molecule has 0 amide bonds. The molecule has 174 valence electrons. The van der Waals surface area contributed by atoms with Crippen molar-refractivity contribution < 1.29 is 9.47 Å². The van der Waals surface area contributed by atoms with Crippen LogP contribution in [-0.2, 0) is 13.2 Å². The monoisotopic (exact) mass is 465 g/mol. The molecule has 1 aliphatic rings. The van der Waals surface area contributed by atoms with Crippen LogP contribution in [0.2, 0.25) is 0 Å². The highest BCUT2D eigenvalue weighted by atomic mass is 16.5. The van der Waals surface area contributed by atoms with Crippen LogP contribution in [0.5, 0.6) is 11.5 Å². The van der Waals surface area contributed by atoms with E-state index >= 15 is 0 Å². The number of hydrogen-bond acceptors (Lipinski definition) is 8. The first-order chi connectivity index (χ1) is 17.3. The molecule has 0 aliphatic carbocycles. The van der Waals surface area contributed by atoms with Crippen molar-refractivity contribution >= 4 is 28.1 Å². The van der Waals surface area contributed by atoms with E-state index in [1.54, 1.807) is 19.5 Å². The average molecular weight is 466 g/mol. The lowest BCUT2D eigenvalue weighted by atomic mass is 10.1. The third-order valence-electron chi connectivity index (χ3n) is 5.88. The van der Waals surface area contributed by atoms with Gasteiger partial charge in [0, 0.05) is 24.5 Å². The molecule has 0 bridgehead atoms. The Hall–Kier alpha value is -4.63. The van der Waals surface area contributed by atoms with Gasteiger partial charge in [-0.25, -0.2) is 4.68 Å². The number of methoxy groups -OCH3 is 1. The maximum atomic E-state index is 6.15. The topological polar surface area (TPSA) is 89.4 Å². The number of anilines is 3. The Bertz CT molecular complexity index is 1490. The SMILES string of the molecule is COc1ccc2nnn(Cc3cccc(COc4ccc5c(c4)N(c4ccncc4)NN5)c3)c2c1. The van der Waals surface area contributed by atoms with Gasteiger partial charge in [0.25, 0.3) is 0 Å². The smallest absolute Gasteiger partial charge is 0.122 e. The molecular weight excluding hydrogens is 442 g/mol. The molecule has 6 rings (SSSR count). The first-order valence-electron chi connectivity index (χ1n) is 11.2. The highest BCUT2D eigenvalue weighted by Crippen LogP contribution is 2.37. The molecule has 9 nitrogen and oxygen atoms in total. The van der Waals surface area contributed by atoms with E-state index in [-0.39, 0.29) is 0 Å². The zero-order valence-corrected chi connectivity index (χ0v) is 19.0. The number of hydrazine groups is 2. The van der Waals surface area contributed by atoms with E-state index in [9.17, 15) is 0 Å². The van der Waals surface area contributed by atoms with Crippen LogP contribution in [0.25, 0.3) is 11.0 Å². The number of nitrogens with one attached hydrogen (secondary N) is 2. The Morgan fingerprint density at radius 3 is 2.63 bits per heavy atom. The average Bonchev–Trinajstić information content (AvgIpc) is 3.51. The van der Waals surface area contributed by atoms with Crippen LogP contribution in [0.3, 0.4) is 0 Å². The maximum absolute atomic E-state index is 6.15. The number of benzene rings is 3. The Morgan fingerprint density at radius 1 is 0.886 bits per heavy atom. The molecule has 0 saturated carbocycles. The van der Waals surface area contributed by atoms with Crippen molar-refractivity contribution in [1.29, 1.82) is 0 Å². The summed E-state index contributed by atoms with van der Waals surface area (Å²) in [6.07, 6.45) is 3.53. The van der Waals surface area contributed by atoms with Crippen molar-refractivity contribution in [3.63, 3.8) is 0 Å². The van der Waals surface area contributed by atoms with Crippen LogP contribution in [0.4, 0.5) is 17.1 Å². The molecule has 3 heterocycles. The van der Waals surface area contributed by atoms with E-state index in [4.69, 9.17) is 9.47 Å². The van der Waals surface area contributed by atoms with Crippen LogP contribution < -0.4 is 25.4 Å². The Morgan fingerprint density at radius 2 is 1.74 bits per heavy atom. The van der Waals surface area contributed by atoms with Crippen molar-refractivity contribution in [3.8, 4) is 11.5 Å². The van der Waals surface area contributed by atoms with Gasteiger partial charge in [0.15, 0.2) is 0 Å². The van der Waals surface area contributed by atoms with Gasteiger partial charge in [0.2, 0.25) is 0 Å². The minimum atomic E-state index is 0.453. The van der Waals surface area contributed by atoms with Gasteiger partial charge in [-0.15, -0.1) is 10.6 Å². The molecule has 0 saturated heterocycles. The normalized spacial score (nSPS) is 12.4. The second-order valence-electron chi connectivity index (χ2n) is 8.17. The van der Waals surface area contributed by atoms with Crippen LogP contribution in [-0.4, -0.2) is 27.1 Å². The first-order valence-corrected chi connectivity index (χ1v) is 11.2. The summed E-state index contributed by atoms with van der Waals surface area (Å²) in [6, 6.07) is 23.9. The number of fused-ring (bicyclic) bond motifs is 2. The summed E-state index contributed by atoms with van der Waals surface area (Å²) in [5.41, 5.74) is 13.3. The van der Waals surface area contributed by atoms with Gasteiger partial charge in [-0.2, -0.15) is 0 Å². The fraction of sp³-hybridized carbons (Fsp3) is 0.115. The van der Waals surface area contributed by atoms with Crippen LogP contribution in [0.15, 0.2) is 85.2 Å². The summed E-state index contributed by atoms with van der Waals surface area (Å²) in [5, 5.41) is 10.5. The lowest BCUT2D eigenvalue weighted by Crippen LogP contribution is -2.31. The lowest BCUT2D eigenvalue weighted by molar-refractivity contribution is 0.306. The molecule has 1 aliphatic heterocycles. The van der Waals surface area contributed by atoms with E-state index in [1.807, 2.05) is 64.3 Å². The largest absolute Gasteiger partial charge is 0.497 e. The van der Waals surface area contributed by atoms with Gasteiger partial charge in [-0.3, -0.25) is 9.99 Å². The maximum Gasteiger partial charge on any atom is 0.122 e. The predicted molar refractivity (Wildman–Crippen MR) is 134 cm³/mol. The fourth-order valence-corrected chi connectivity index (χ4v) is 4.11. The highest BCUT2D eigenvalue weighted by Gasteiger charge is 2.20. The summed E-state index contributed by atoms with van der Waals surface area (Å²) in [5.74, 6) is 1.57. The number of nitrogens with zero attached hydrogens (tertiary/aromatic N) is 5. The minimum Gasteiger partial charge on any atom is -0.497 e. The molecule has 2 N–H and O–H groups in total. The summed E-state index contributed by atoms with van der Waals surface area (Å²) < 4.78 is 13.4. The molecule has 5 aromatic rings. The van der Waals surface area contributed by atoms with Crippen molar-refractivity contribution in [2.75, 3.05) is 17.5 Å². The third-order valence-corrected chi connectivity index (χ3v) is 5.88. The molecule has 0 radical (unpaired) electrons. The summed E-state index contributed by atoms with van der Waals surface area (Å²) in [7, 11) is 1.66. The molecule has 0 unspecified atom stereocenters. The van der Waals surface area contributed by atoms with Crippen molar-refractivity contribution in [3.05, 3.63) is 96.3 Å². The third kappa shape index (κ3) is 4.20. The van der Waals surface area contributed by atoms with Crippen molar-refractivity contribution in [2.45, 2.75) is 13.2 Å². The van der Waals surface area contributed by atoms with Gasteiger partial charge in [-0.05, 0) is 47.5 Å². The van der Waals surface area contributed by atoms with E-state index in [0.717, 1.165) is 50.7 Å². The van der Waals surface area contributed by atoms with E-state index in [2.05, 4.69) is 44.5 Å². The van der Waals surface area contributed by atoms with Crippen LogP contribution >= 0.6 is 0 Å². The first kappa shape index (κ1) is 20.9. The van der Waals surface area contributed by atoms with E-state index in [0.29, 0.717) is 13.2 Å². The quantitative estimate of drug-likeness (QED) is 0.365. The molecular formula is C26H23N7O2. The number of rotatable bonds is 7. The number of pyridine rings is 1. The standard InChI is InChI=1S/C26H23N7O2/c1-34-21-5-7-23-25(14-21)32(30-28-23)16-18-3-2-4-19(13-18)17-35-22-6-8-24-26(15-22)33(31-29-24)20-9-11-27-12-10-20/h2-15,29,31H,16-17H2,1H3. The van der Waals surface area contributed by atoms with E-state index in [1.165, 1.54) is 0 Å². The Balaban J connectivity index is 1.17. The van der Waals surface area contributed by atoms with Gasteiger partial charge < -0.3 is 14.9 Å². The van der Waals surface area contributed by atoms with Crippen molar-refractivity contribution in [1.82, 2.24) is 25.5 Å². The zero-order valence-electron chi connectivity index (χ0n) is 19.0. The highest BCUT2D eigenvalue weighted by molar-refractivity contribution is 5.80. The van der Waals surface area contributed by atoms with Crippen LogP contribution in [0.1, 0.15) is 11.1 Å². The molecule has 35 heavy (non-hydrogen) atoms.